The number of hydrogen-bond acceptors (Lipinski definition) is 6. The van der Waals surface area contributed by atoms with Gasteiger partial charge in [0.05, 0.1) is 12.8 Å². The maximum Gasteiger partial charge on any atom is 0.222 e. The molecule has 150 valence electrons. The van der Waals surface area contributed by atoms with Gasteiger partial charge in [0.15, 0.2) is 0 Å². The van der Waals surface area contributed by atoms with Crippen LogP contribution in [0.4, 0.5) is 11.8 Å². The van der Waals surface area contributed by atoms with Crippen molar-refractivity contribution in [1.29, 1.82) is 0 Å². The van der Waals surface area contributed by atoms with E-state index >= 15 is 0 Å². The topological polar surface area (TPSA) is 76.3 Å². The number of aromatic nitrogens is 2. The Morgan fingerprint density at radius 1 is 1.15 bits per heavy atom. The monoisotopic (exact) mass is 433 g/mol. The summed E-state index contributed by atoms with van der Waals surface area (Å²) in [5.41, 5.74) is 7.80. The number of piperidine rings is 1. The van der Waals surface area contributed by atoms with E-state index in [-0.39, 0.29) is 37.2 Å². The molecule has 2 atom stereocenters. The summed E-state index contributed by atoms with van der Waals surface area (Å²) in [6.45, 7) is 3.14. The smallest absolute Gasteiger partial charge is 0.222 e. The first-order chi connectivity index (χ1) is 11.7. The number of halogens is 3. The second-order valence-electron chi connectivity index (χ2n) is 6.57. The number of nitrogens with two attached hydrogens (primary N) is 1. The van der Waals surface area contributed by atoms with Crippen LogP contribution in [0.15, 0.2) is 30.3 Å². The maximum atomic E-state index is 5.99. The molecule has 3 N–H and O–H groups in total. The molecule has 0 spiro atoms. The van der Waals surface area contributed by atoms with Crippen LogP contribution in [0.2, 0.25) is 0 Å². The fraction of sp³-hybridized carbons (Fsp3) is 0.444. The zero-order valence-electron chi connectivity index (χ0n) is 15.1. The van der Waals surface area contributed by atoms with E-state index in [1.165, 1.54) is 12.8 Å². The van der Waals surface area contributed by atoms with Crippen molar-refractivity contribution in [3.8, 4) is 17.0 Å². The van der Waals surface area contributed by atoms with E-state index in [0.29, 0.717) is 17.9 Å². The number of methoxy groups -OCH3 is 1. The van der Waals surface area contributed by atoms with Crippen LogP contribution in [0.1, 0.15) is 12.8 Å². The standard InChI is InChI=1S/C18H23N5O.3ClH/c1-24-14-6-2-4-12(8-14)15-9-17(22-18(19)21-15)23-10-13-5-3-7-20-16(13)11-23;;;/h2,4,6,8-9,13,16,20H,3,5,7,10-11H2,1H3,(H2,19,21,22);3*1H/t13-,16+;;;/m1.../s1. The fourth-order valence-corrected chi connectivity index (χ4v) is 3.78. The van der Waals surface area contributed by atoms with Crippen LogP contribution < -0.4 is 20.7 Å². The average molecular weight is 435 g/mol. The molecule has 6 nitrogen and oxygen atoms in total. The second-order valence-corrected chi connectivity index (χ2v) is 6.57. The first-order valence-corrected chi connectivity index (χ1v) is 8.50. The molecule has 9 heteroatoms. The molecule has 3 heterocycles. The van der Waals surface area contributed by atoms with Gasteiger partial charge in [-0.15, -0.1) is 37.2 Å². The lowest BCUT2D eigenvalue weighted by Gasteiger charge is -2.24. The summed E-state index contributed by atoms with van der Waals surface area (Å²) in [4.78, 5) is 11.2. The number of nitrogens with one attached hydrogen (secondary N) is 1. The van der Waals surface area contributed by atoms with Crippen molar-refractivity contribution in [2.45, 2.75) is 18.9 Å². The van der Waals surface area contributed by atoms with Crippen LogP contribution in [-0.4, -0.2) is 42.8 Å². The number of nitrogen functional groups attached to an aromatic ring is 1. The minimum absolute atomic E-state index is 0. The van der Waals surface area contributed by atoms with E-state index in [0.717, 1.165) is 42.5 Å². The molecule has 2 saturated heterocycles. The Morgan fingerprint density at radius 3 is 2.70 bits per heavy atom. The number of hydrogen-bond donors (Lipinski definition) is 2. The van der Waals surface area contributed by atoms with Crippen LogP contribution in [-0.2, 0) is 0 Å². The maximum absolute atomic E-state index is 5.99. The van der Waals surface area contributed by atoms with Gasteiger partial charge in [0.25, 0.3) is 0 Å². The molecular weight excluding hydrogens is 409 g/mol. The van der Waals surface area contributed by atoms with Gasteiger partial charge in [0.1, 0.15) is 11.6 Å². The van der Waals surface area contributed by atoms with Gasteiger partial charge in [-0.05, 0) is 37.4 Å². The summed E-state index contributed by atoms with van der Waals surface area (Å²) in [5, 5.41) is 3.62. The van der Waals surface area contributed by atoms with Crippen molar-refractivity contribution in [3.63, 3.8) is 0 Å². The zero-order chi connectivity index (χ0) is 16.5. The lowest BCUT2D eigenvalue weighted by Crippen LogP contribution is -2.40. The largest absolute Gasteiger partial charge is 0.497 e. The normalized spacial score (nSPS) is 20.6. The van der Waals surface area contributed by atoms with Gasteiger partial charge in [-0.1, -0.05) is 12.1 Å². The van der Waals surface area contributed by atoms with Gasteiger partial charge in [0, 0.05) is 30.8 Å². The van der Waals surface area contributed by atoms with Gasteiger partial charge < -0.3 is 20.7 Å². The number of fused-ring (bicyclic) bond motifs is 1. The van der Waals surface area contributed by atoms with Gasteiger partial charge in [-0.3, -0.25) is 0 Å². The highest BCUT2D eigenvalue weighted by atomic mass is 35.5. The van der Waals surface area contributed by atoms with Crippen LogP contribution in [0.3, 0.4) is 0 Å². The molecule has 2 aliphatic rings. The average Bonchev–Trinajstić information content (AvgIpc) is 3.05. The first-order valence-electron chi connectivity index (χ1n) is 8.50. The Hall–Kier alpha value is -1.47. The Bertz CT molecular complexity index is 735. The zero-order valence-corrected chi connectivity index (χ0v) is 17.6. The molecule has 2 fully saturated rings. The summed E-state index contributed by atoms with van der Waals surface area (Å²) >= 11 is 0. The van der Waals surface area contributed by atoms with E-state index < -0.39 is 0 Å². The molecule has 0 unspecified atom stereocenters. The van der Waals surface area contributed by atoms with E-state index in [1.54, 1.807) is 7.11 Å². The van der Waals surface area contributed by atoms with Crippen LogP contribution in [0.25, 0.3) is 11.3 Å². The summed E-state index contributed by atoms with van der Waals surface area (Å²) in [6.07, 6.45) is 2.55. The molecule has 0 aliphatic carbocycles. The summed E-state index contributed by atoms with van der Waals surface area (Å²) in [5.74, 6) is 2.74. The Labute approximate surface area is 178 Å². The first kappa shape index (κ1) is 23.6. The molecular formula is C18H26Cl3N5O. The highest BCUT2D eigenvalue weighted by Gasteiger charge is 2.35. The quantitative estimate of drug-likeness (QED) is 0.772. The van der Waals surface area contributed by atoms with E-state index in [1.807, 2.05) is 30.3 Å². The minimum Gasteiger partial charge on any atom is -0.497 e. The van der Waals surface area contributed by atoms with Gasteiger partial charge in [-0.25, -0.2) is 4.98 Å². The Balaban J connectivity index is 0.00000121. The minimum atomic E-state index is 0. The van der Waals surface area contributed by atoms with Crippen molar-refractivity contribution < 1.29 is 4.74 Å². The van der Waals surface area contributed by atoms with E-state index in [2.05, 4.69) is 20.2 Å². The molecule has 1 aromatic carbocycles. The number of rotatable bonds is 3. The van der Waals surface area contributed by atoms with E-state index in [9.17, 15) is 0 Å². The van der Waals surface area contributed by atoms with Gasteiger partial charge >= 0.3 is 0 Å². The van der Waals surface area contributed by atoms with Gasteiger partial charge in [-0.2, -0.15) is 4.98 Å². The fourth-order valence-electron chi connectivity index (χ4n) is 3.78. The van der Waals surface area contributed by atoms with Crippen molar-refractivity contribution in [3.05, 3.63) is 30.3 Å². The highest BCUT2D eigenvalue weighted by Crippen LogP contribution is 2.31. The number of benzene rings is 1. The van der Waals surface area contributed by atoms with E-state index in [4.69, 9.17) is 10.5 Å². The van der Waals surface area contributed by atoms with Crippen molar-refractivity contribution in [1.82, 2.24) is 15.3 Å². The molecule has 0 saturated carbocycles. The molecule has 2 aromatic rings. The lowest BCUT2D eigenvalue weighted by molar-refractivity contribution is 0.340. The van der Waals surface area contributed by atoms with Crippen LogP contribution >= 0.6 is 37.2 Å². The highest BCUT2D eigenvalue weighted by molar-refractivity contribution is 5.86. The molecule has 0 radical (unpaired) electrons. The molecule has 4 rings (SSSR count). The third kappa shape index (κ3) is 5.08. The molecule has 27 heavy (non-hydrogen) atoms. The second kappa shape index (κ2) is 10.2. The Morgan fingerprint density at radius 2 is 1.96 bits per heavy atom. The predicted molar refractivity (Wildman–Crippen MR) is 117 cm³/mol. The number of ether oxygens (including phenoxy) is 1. The summed E-state index contributed by atoms with van der Waals surface area (Å²) in [7, 11) is 1.66. The van der Waals surface area contributed by atoms with Gasteiger partial charge in [0.2, 0.25) is 5.95 Å². The van der Waals surface area contributed by atoms with Crippen LogP contribution in [0, 0.1) is 5.92 Å². The third-order valence-corrected chi connectivity index (χ3v) is 5.02. The molecule has 0 bridgehead atoms. The SMILES string of the molecule is COc1cccc(-c2cc(N3C[C@H]4CCCN[C@H]4C3)nc(N)n2)c1.Cl.Cl.Cl. The van der Waals surface area contributed by atoms with Crippen molar-refractivity contribution in [2.24, 2.45) is 5.92 Å². The van der Waals surface area contributed by atoms with Crippen molar-refractivity contribution in [2.75, 3.05) is 37.4 Å². The van der Waals surface area contributed by atoms with Crippen molar-refractivity contribution >= 4 is 49.0 Å². The molecule has 0 amide bonds. The summed E-state index contributed by atoms with van der Waals surface area (Å²) < 4.78 is 5.31. The molecule has 1 aromatic heterocycles. The molecule has 2 aliphatic heterocycles. The third-order valence-electron chi connectivity index (χ3n) is 5.02. The number of anilines is 2. The number of nitrogens with zero attached hydrogens (tertiary/aromatic N) is 3. The Kier molecular flexibility index (Phi) is 8.88. The van der Waals surface area contributed by atoms with Crippen LogP contribution in [0.5, 0.6) is 5.75 Å². The summed E-state index contributed by atoms with van der Waals surface area (Å²) in [6, 6.07) is 10.5. The predicted octanol–water partition coefficient (Wildman–Crippen LogP) is 3.19. The lowest BCUT2D eigenvalue weighted by atomic mass is 9.94.